The molecule has 1 saturated heterocycles. The highest BCUT2D eigenvalue weighted by Gasteiger charge is 2.18. The van der Waals surface area contributed by atoms with Crippen LogP contribution in [-0.4, -0.2) is 49.3 Å². The first kappa shape index (κ1) is 15.3. The van der Waals surface area contributed by atoms with Crippen LogP contribution in [0.3, 0.4) is 0 Å². The minimum absolute atomic E-state index is 0.418. The molecule has 0 aliphatic carbocycles. The van der Waals surface area contributed by atoms with Crippen molar-refractivity contribution in [2.24, 2.45) is 0 Å². The molecule has 1 aliphatic rings. The summed E-state index contributed by atoms with van der Waals surface area (Å²) in [5.41, 5.74) is 2.22. The monoisotopic (exact) mass is 278 g/mol. The van der Waals surface area contributed by atoms with Gasteiger partial charge < -0.3 is 15.2 Å². The number of benzene rings is 1. The van der Waals surface area contributed by atoms with Gasteiger partial charge in [-0.15, -0.1) is 0 Å². The van der Waals surface area contributed by atoms with Crippen LogP contribution >= 0.6 is 0 Å². The fourth-order valence-corrected chi connectivity index (χ4v) is 2.71. The summed E-state index contributed by atoms with van der Waals surface area (Å²) in [6, 6.07) is 6.02. The van der Waals surface area contributed by atoms with Crippen LogP contribution in [0, 0.1) is 0 Å². The van der Waals surface area contributed by atoms with Gasteiger partial charge in [0.15, 0.2) is 0 Å². The molecule has 2 rings (SSSR count). The first-order valence-electron chi connectivity index (χ1n) is 7.61. The molecule has 0 amide bonds. The van der Waals surface area contributed by atoms with E-state index in [2.05, 4.69) is 23.2 Å². The lowest BCUT2D eigenvalue weighted by atomic mass is 9.99. The maximum Gasteiger partial charge on any atom is 0.119 e. The predicted octanol–water partition coefficient (Wildman–Crippen LogP) is 1.59. The molecule has 1 aromatic carbocycles. The molecule has 2 N–H and O–H groups in total. The van der Waals surface area contributed by atoms with Crippen LogP contribution in [0.2, 0.25) is 0 Å². The third kappa shape index (κ3) is 3.95. The lowest BCUT2D eigenvalue weighted by molar-refractivity contribution is 0.105. The molecule has 112 valence electrons. The molecule has 1 heterocycles. The van der Waals surface area contributed by atoms with Crippen LogP contribution in [0.5, 0.6) is 5.75 Å². The van der Waals surface area contributed by atoms with Gasteiger partial charge in [-0.2, -0.15) is 0 Å². The lowest BCUT2D eigenvalue weighted by Crippen LogP contribution is -2.45. The van der Waals surface area contributed by atoms with E-state index in [0.717, 1.165) is 43.9 Å². The summed E-state index contributed by atoms with van der Waals surface area (Å²) in [6.07, 6.45) is 0.494. The molecule has 1 atom stereocenters. The highest BCUT2D eigenvalue weighted by Crippen LogP contribution is 2.24. The Morgan fingerprint density at radius 1 is 1.30 bits per heavy atom. The van der Waals surface area contributed by atoms with Gasteiger partial charge >= 0.3 is 0 Å². The SMILES string of the molecule is CCOc1ccc(C(O)CN2CCNCC2)c(CC)c1. The Hall–Kier alpha value is -1.10. The van der Waals surface area contributed by atoms with Crippen molar-refractivity contribution in [3.05, 3.63) is 29.3 Å². The summed E-state index contributed by atoms with van der Waals surface area (Å²) in [5.74, 6) is 0.891. The number of hydrogen-bond donors (Lipinski definition) is 2. The van der Waals surface area contributed by atoms with E-state index in [4.69, 9.17) is 4.74 Å². The summed E-state index contributed by atoms with van der Waals surface area (Å²) in [6.45, 7) is 9.53. The van der Waals surface area contributed by atoms with Crippen LogP contribution < -0.4 is 10.1 Å². The topological polar surface area (TPSA) is 44.7 Å². The van der Waals surface area contributed by atoms with Gasteiger partial charge in [0.1, 0.15) is 5.75 Å². The van der Waals surface area contributed by atoms with Crippen molar-refractivity contribution in [3.8, 4) is 5.75 Å². The number of rotatable bonds is 6. The van der Waals surface area contributed by atoms with Crippen molar-refractivity contribution in [1.82, 2.24) is 10.2 Å². The minimum atomic E-state index is -0.418. The molecule has 4 nitrogen and oxygen atoms in total. The van der Waals surface area contributed by atoms with Crippen molar-refractivity contribution >= 4 is 0 Å². The Morgan fingerprint density at radius 2 is 2.05 bits per heavy atom. The van der Waals surface area contributed by atoms with Crippen LogP contribution in [0.1, 0.15) is 31.1 Å². The zero-order chi connectivity index (χ0) is 14.4. The first-order valence-corrected chi connectivity index (χ1v) is 7.61. The van der Waals surface area contributed by atoms with E-state index in [1.807, 2.05) is 19.1 Å². The number of aliphatic hydroxyl groups excluding tert-OH is 1. The molecule has 0 radical (unpaired) electrons. The Labute approximate surface area is 121 Å². The summed E-state index contributed by atoms with van der Waals surface area (Å²) in [5, 5.41) is 13.8. The molecule has 1 unspecified atom stereocenters. The number of aliphatic hydroxyl groups is 1. The van der Waals surface area contributed by atoms with Crippen molar-refractivity contribution in [2.75, 3.05) is 39.3 Å². The van der Waals surface area contributed by atoms with Crippen molar-refractivity contribution < 1.29 is 9.84 Å². The van der Waals surface area contributed by atoms with Gasteiger partial charge in [0.25, 0.3) is 0 Å². The van der Waals surface area contributed by atoms with Gasteiger partial charge in [-0.3, -0.25) is 4.90 Å². The van der Waals surface area contributed by atoms with Crippen LogP contribution in [0.4, 0.5) is 0 Å². The molecule has 20 heavy (non-hydrogen) atoms. The van der Waals surface area contributed by atoms with Gasteiger partial charge in [-0.25, -0.2) is 0 Å². The highest BCUT2D eigenvalue weighted by atomic mass is 16.5. The zero-order valence-electron chi connectivity index (χ0n) is 12.6. The molecule has 0 spiro atoms. The first-order chi connectivity index (χ1) is 9.74. The molecule has 0 bridgehead atoms. The smallest absolute Gasteiger partial charge is 0.119 e. The summed E-state index contributed by atoms with van der Waals surface area (Å²) in [7, 11) is 0. The molecule has 1 fully saturated rings. The number of nitrogens with one attached hydrogen (secondary N) is 1. The molecule has 0 aromatic heterocycles. The van der Waals surface area contributed by atoms with E-state index in [1.54, 1.807) is 0 Å². The quantitative estimate of drug-likeness (QED) is 0.829. The predicted molar refractivity (Wildman–Crippen MR) is 81.3 cm³/mol. The number of piperazine rings is 1. The Morgan fingerprint density at radius 3 is 2.70 bits per heavy atom. The van der Waals surface area contributed by atoms with E-state index >= 15 is 0 Å². The highest BCUT2D eigenvalue weighted by molar-refractivity contribution is 5.37. The summed E-state index contributed by atoms with van der Waals surface area (Å²) >= 11 is 0. The van der Waals surface area contributed by atoms with E-state index in [0.29, 0.717) is 13.2 Å². The number of β-amino-alcohol motifs (C(OH)–C–C–N with tert-alkyl or cyclic N) is 1. The van der Waals surface area contributed by atoms with Crippen LogP contribution in [0.15, 0.2) is 18.2 Å². The molecule has 1 aliphatic heterocycles. The average Bonchev–Trinajstić information content (AvgIpc) is 2.48. The molecule has 1 aromatic rings. The second kappa shape index (κ2) is 7.62. The van der Waals surface area contributed by atoms with Gasteiger partial charge in [0, 0.05) is 32.7 Å². The number of aryl methyl sites for hydroxylation is 1. The van der Waals surface area contributed by atoms with E-state index in [9.17, 15) is 5.11 Å². The van der Waals surface area contributed by atoms with Gasteiger partial charge in [-0.1, -0.05) is 13.0 Å². The number of ether oxygens (including phenoxy) is 1. The van der Waals surface area contributed by atoms with Gasteiger partial charge in [-0.05, 0) is 36.6 Å². The van der Waals surface area contributed by atoms with E-state index in [-0.39, 0.29) is 0 Å². The van der Waals surface area contributed by atoms with Crippen LogP contribution in [0.25, 0.3) is 0 Å². The Balaban J connectivity index is 2.05. The summed E-state index contributed by atoms with van der Waals surface area (Å²) < 4.78 is 5.53. The van der Waals surface area contributed by atoms with Gasteiger partial charge in [0.05, 0.1) is 12.7 Å². The Kier molecular flexibility index (Phi) is 5.83. The fraction of sp³-hybridized carbons (Fsp3) is 0.625. The second-order valence-corrected chi connectivity index (χ2v) is 5.21. The average molecular weight is 278 g/mol. The number of hydrogen-bond acceptors (Lipinski definition) is 4. The zero-order valence-corrected chi connectivity index (χ0v) is 12.6. The van der Waals surface area contributed by atoms with Crippen LogP contribution in [-0.2, 0) is 6.42 Å². The molecule has 0 saturated carbocycles. The van der Waals surface area contributed by atoms with Crippen molar-refractivity contribution in [1.29, 1.82) is 0 Å². The third-order valence-electron chi connectivity index (χ3n) is 3.81. The molecular formula is C16H26N2O2. The molecular weight excluding hydrogens is 252 g/mol. The van der Waals surface area contributed by atoms with Gasteiger partial charge in [0.2, 0.25) is 0 Å². The van der Waals surface area contributed by atoms with Crippen molar-refractivity contribution in [3.63, 3.8) is 0 Å². The molecule has 4 heteroatoms. The third-order valence-corrected chi connectivity index (χ3v) is 3.81. The maximum absolute atomic E-state index is 10.5. The summed E-state index contributed by atoms with van der Waals surface area (Å²) in [4.78, 5) is 2.32. The fourth-order valence-electron chi connectivity index (χ4n) is 2.71. The van der Waals surface area contributed by atoms with E-state index < -0.39 is 6.10 Å². The lowest BCUT2D eigenvalue weighted by Gasteiger charge is -2.29. The second-order valence-electron chi connectivity index (χ2n) is 5.21. The van der Waals surface area contributed by atoms with E-state index in [1.165, 1.54) is 5.56 Å². The number of nitrogens with zero attached hydrogens (tertiary/aromatic N) is 1. The Bertz CT molecular complexity index is 417. The van der Waals surface area contributed by atoms with Crippen molar-refractivity contribution in [2.45, 2.75) is 26.4 Å². The largest absolute Gasteiger partial charge is 0.494 e. The maximum atomic E-state index is 10.5. The minimum Gasteiger partial charge on any atom is -0.494 e. The standard InChI is InChI=1S/C16H26N2O2/c1-3-13-11-14(20-4-2)5-6-15(13)16(19)12-18-9-7-17-8-10-18/h5-6,11,16-17,19H,3-4,7-10,12H2,1-2H3. The normalized spacial score (nSPS) is 17.9.